The van der Waals surface area contributed by atoms with E-state index in [1.54, 1.807) is 48.5 Å². The van der Waals surface area contributed by atoms with Gasteiger partial charge in [-0.25, -0.2) is 4.79 Å². The maximum Gasteiger partial charge on any atom is 0.339 e. The lowest BCUT2D eigenvalue weighted by atomic mass is 10.1. The SMILES string of the molecule is COC(=O)c1ccccc1NC(=O)c1ccccc1Cl. The molecule has 0 aliphatic heterocycles. The first-order valence-electron chi connectivity index (χ1n) is 5.86. The van der Waals surface area contributed by atoms with Crippen molar-refractivity contribution in [3.05, 3.63) is 64.7 Å². The van der Waals surface area contributed by atoms with Crippen LogP contribution in [0.3, 0.4) is 0 Å². The zero-order valence-corrected chi connectivity index (χ0v) is 11.5. The minimum atomic E-state index is -0.514. The molecule has 1 amide bonds. The molecule has 102 valence electrons. The largest absolute Gasteiger partial charge is 0.465 e. The van der Waals surface area contributed by atoms with Gasteiger partial charge in [0.15, 0.2) is 0 Å². The van der Waals surface area contributed by atoms with Gasteiger partial charge in [-0.1, -0.05) is 35.9 Å². The van der Waals surface area contributed by atoms with Crippen molar-refractivity contribution in [2.24, 2.45) is 0 Å². The molecular weight excluding hydrogens is 278 g/mol. The smallest absolute Gasteiger partial charge is 0.339 e. The number of methoxy groups -OCH3 is 1. The highest BCUT2D eigenvalue weighted by molar-refractivity contribution is 6.34. The normalized spacial score (nSPS) is 9.90. The van der Waals surface area contributed by atoms with Crippen LogP contribution in [0.15, 0.2) is 48.5 Å². The number of carbonyl (C=O) groups excluding carboxylic acids is 2. The molecule has 0 aliphatic rings. The van der Waals surface area contributed by atoms with Crippen molar-refractivity contribution in [3.63, 3.8) is 0 Å². The number of rotatable bonds is 3. The minimum absolute atomic E-state index is 0.287. The van der Waals surface area contributed by atoms with E-state index in [0.717, 1.165) is 0 Å². The summed E-state index contributed by atoms with van der Waals surface area (Å²) in [7, 11) is 1.29. The lowest BCUT2D eigenvalue weighted by Crippen LogP contribution is -2.15. The second kappa shape index (κ2) is 6.21. The number of hydrogen-bond acceptors (Lipinski definition) is 3. The fourth-order valence-electron chi connectivity index (χ4n) is 1.72. The van der Waals surface area contributed by atoms with Crippen LogP contribution in [0.5, 0.6) is 0 Å². The molecule has 0 unspecified atom stereocenters. The van der Waals surface area contributed by atoms with Gasteiger partial charge in [0.2, 0.25) is 0 Å². The molecule has 0 spiro atoms. The lowest BCUT2D eigenvalue weighted by Gasteiger charge is -2.10. The highest BCUT2D eigenvalue weighted by Crippen LogP contribution is 2.20. The molecule has 1 N–H and O–H groups in total. The first-order chi connectivity index (χ1) is 9.63. The first kappa shape index (κ1) is 14.1. The van der Waals surface area contributed by atoms with Gasteiger partial charge < -0.3 is 10.1 Å². The number of anilines is 1. The van der Waals surface area contributed by atoms with Gasteiger partial charge in [-0.05, 0) is 24.3 Å². The Morgan fingerprint density at radius 2 is 1.60 bits per heavy atom. The second-order valence-electron chi connectivity index (χ2n) is 3.97. The fraction of sp³-hybridized carbons (Fsp3) is 0.0667. The Kier molecular flexibility index (Phi) is 4.38. The van der Waals surface area contributed by atoms with Crippen LogP contribution in [0.4, 0.5) is 5.69 Å². The third kappa shape index (κ3) is 2.97. The number of ether oxygens (including phenoxy) is 1. The van der Waals surface area contributed by atoms with Gasteiger partial charge in [0.05, 0.1) is 28.9 Å². The third-order valence-corrected chi connectivity index (χ3v) is 3.03. The van der Waals surface area contributed by atoms with Crippen LogP contribution in [0.2, 0.25) is 5.02 Å². The number of nitrogens with one attached hydrogen (secondary N) is 1. The predicted molar refractivity (Wildman–Crippen MR) is 77.2 cm³/mol. The van der Waals surface area contributed by atoms with E-state index in [1.165, 1.54) is 7.11 Å². The van der Waals surface area contributed by atoms with Crippen LogP contribution in [-0.4, -0.2) is 19.0 Å². The standard InChI is InChI=1S/C15H12ClNO3/c1-20-15(19)11-7-3-5-9-13(11)17-14(18)10-6-2-4-8-12(10)16/h2-9H,1H3,(H,17,18). The highest BCUT2D eigenvalue weighted by Gasteiger charge is 2.15. The molecule has 0 bridgehead atoms. The van der Waals surface area contributed by atoms with Gasteiger partial charge in [-0.3, -0.25) is 4.79 Å². The van der Waals surface area contributed by atoms with E-state index in [9.17, 15) is 9.59 Å². The molecule has 0 aromatic heterocycles. The lowest BCUT2D eigenvalue weighted by molar-refractivity contribution is 0.0602. The molecule has 0 aliphatic carbocycles. The Hall–Kier alpha value is -2.33. The molecule has 2 rings (SSSR count). The topological polar surface area (TPSA) is 55.4 Å². The van der Waals surface area contributed by atoms with Gasteiger partial charge in [0, 0.05) is 0 Å². The molecular formula is C15H12ClNO3. The number of hydrogen-bond donors (Lipinski definition) is 1. The highest BCUT2D eigenvalue weighted by atomic mass is 35.5. The monoisotopic (exact) mass is 289 g/mol. The van der Waals surface area contributed by atoms with E-state index < -0.39 is 5.97 Å². The van der Waals surface area contributed by atoms with E-state index >= 15 is 0 Å². The quantitative estimate of drug-likeness (QED) is 0.881. The van der Waals surface area contributed by atoms with Gasteiger partial charge in [-0.2, -0.15) is 0 Å². The van der Waals surface area contributed by atoms with E-state index in [-0.39, 0.29) is 11.5 Å². The Bertz CT molecular complexity index is 655. The molecule has 0 fully saturated rings. The summed E-state index contributed by atoms with van der Waals surface area (Å²) in [5.41, 5.74) is 1.01. The third-order valence-electron chi connectivity index (χ3n) is 2.70. The van der Waals surface area contributed by atoms with Crippen molar-refractivity contribution >= 4 is 29.2 Å². The number of esters is 1. The van der Waals surface area contributed by atoms with E-state index in [2.05, 4.69) is 10.1 Å². The van der Waals surface area contributed by atoms with E-state index in [4.69, 9.17) is 11.6 Å². The number of para-hydroxylation sites is 1. The first-order valence-corrected chi connectivity index (χ1v) is 6.24. The summed E-state index contributed by atoms with van der Waals surface area (Å²) in [6.07, 6.45) is 0. The Morgan fingerprint density at radius 3 is 2.25 bits per heavy atom. The maximum absolute atomic E-state index is 12.2. The van der Waals surface area contributed by atoms with Gasteiger partial charge in [-0.15, -0.1) is 0 Å². The second-order valence-corrected chi connectivity index (χ2v) is 4.38. The summed E-state index contributed by atoms with van der Waals surface area (Å²) >= 11 is 5.96. The van der Waals surface area contributed by atoms with E-state index in [0.29, 0.717) is 16.3 Å². The number of benzene rings is 2. The molecule has 5 heteroatoms. The van der Waals surface area contributed by atoms with Crippen molar-refractivity contribution in [1.82, 2.24) is 0 Å². The minimum Gasteiger partial charge on any atom is -0.465 e. The Labute approximate surface area is 121 Å². The average molecular weight is 290 g/mol. The van der Waals surface area contributed by atoms with Crippen molar-refractivity contribution in [3.8, 4) is 0 Å². The summed E-state index contributed by atoms with van der Waals surface area (Å²) in [5, 5.41) is 3.01. The van der Waals surface area contributed by atoms with Crippen LogP contribution in [0.25, 0.3) is 0 Å². The zero-order valence-electron chi connectivity index (χ0n) is 10.7. The van der Waals surface area contributed by atoms with Crippen molar-refractivity contribution in [2.45, 2.75) is 0 Å². The van der Waals surface area contributed by atoms with Gasteiger partial charge in [0.25, 0.3) is 5.91 Å². The van der Waals surface area contributed by atoms with Gasteiger partial charge in [0.1, 0.15) is 0 Å². The summed E-state index contributed by atoms with van der Waals surface area (Å²) in [4.78, 5) is 23.8. The summed E-state index contributed by atoms with van der Waals surface area (Å²) in [5.74, 6) is -0.896. The summed E-state index contributed by atoms with van der Waals surface area (Å²) < 4.78 is 4.67. The van der Waals surface area contributed by atoms with Crippen LogP contribution in [-0.2, 0) is 4.74 Å². The van der Waals surface area contributed by atoms with Crippen molar-refractivity contribution in [2.75, 3.05) is 12.4 Å². The molecule has 0 atom stereocenters. The molecule has 2 aromatic rings. The molecule has 0 heterocycles. The van der Waals surface area contributed by atoms with Crippen LogP contribution < -0.4 is 5.32 Å². The van der Waals surface area contributed by atoms with E-state index in [1.807, 2.05) is 0 Å². The number of carbonyl (C=O) groups is 2. The Balaban J connectivity index is 2.29. The molecule has 2 aromatic carbocycles. The van der Waals surface area contributed by atoms with Crippen molar-refractivity contribution in [1.29, 1.82) is 0 Å². The maximum atomic E-state index is 12.2. The van der Waals surface area contributed by atoms with Gasteiger partial charge >= 0.3 is 5.97 Å². The molecule has 0 saturated carbocycles. The Morgan fingerprint density at radius 1 is 1.00 bits per heavy atom. The van der Waals surface area contributed by atoms with Crippen LogP contribution in [0.1, 0.15) is 20.7 Å². The molecule has 0 radical (unpaired) electrons. The van der Waals surface area contributed by atoms with Crippen LogP contribution in [0, 0.1) is 0 Å². The summed E-state index contributed by atoms with van der Waals surface area (Å²) in [6.45, 7) is 0. The number of halogens is 1. The average Bonchev–Trinajstić information content (AvgIpc) is 2.47. The molecule has 20 heavy (non-hydrogen) atoms. The number of amides is 1. The summed E-state index contributed by atoms with van der Waals surface area (Å²) in [6, 6.07) is 13.3. The zero-order chi connectivity index (χ0) is 14.5. The fourth-order valence-corrected chi connectivity index (χ4v) is 1.94. The molecule has 4 nitrogen and oxygen atoms in total. The molecule has 0 saturated heterocycles. The predicted octanol–water partition coefficient (Wildman–Crippen LogP) is 3.38. The van der Waals surface area contributed by atoms with Crippen LogP contribution >= 0.6 is 11.6 Å². The van der Waals surface area contributed by atoms with Crippen molar-refractivity contribution < 1.29 is 14.3 Å².